The summed E-state index contributed by atoms with van der Waals surface area (Å²) < 4.78 is 18.8. The number of benzene rings is 2. The van der Waals surface area contributed by atoms with E-state index >= 15 is 19.2 Å². The number of Topliss-reactive ketones (excluding diaryl/α,β-unsaturated/α-hetero) is 2. The maximum atomic E-state index is 15.5. The van der Waals surface area contributed by atoms with Crippen molar-refractivity contribution in [3.05, 3.63) is 65.7 Å². The lowest BCUT2D eigenvalue weighted by Crippen LogP contribution is -2.61. The normalized spacial score (nSPS) is 27.4. The number of cyclic esters (lactones) is 1. The first-order valence-electron chi connectivity index (χ1n) is 32.0. The van der Waals surface area contributed by atoms with Gasteiger partial charge in [0.15, 0.2) is 17.9 Å². The zero-order valence-corrected chi connectivity index (χ0v) is 56.5. The van der Waals surface area contributed by atoms with Gasteiger partial charge in [0.2, 0.25) is 29.5 Å². The molecule has 0 aromatic heterocycles. The number of carbonyl (C=O) groups excluding carboxylic acids is 9. The van der Waals surface area contributed by atoms with E-state index in [1.54, 1.807) is 39.6 Å². The molecular weight excluding hydrogens is 1120 g/mol. The second-order valence-corrected chi connectivity index (χ2v) is 28.2. The smallest absolute Gasteiger partial charge is 0.450 e. The molecule has 2 unspecified atom stereocenters. The third-order valence-corrected chi connectivity index (χ3v) is 19.2. The average Bonchev–Trinajstić information content (AvgIpc) is 2.02. The van der Waals surface area contributed by atoms with Crippen LogP contribution in [0, 0.1) is 47.3 Å². The van der Waals surface area contributed by atoms with Crippen LogP contribution < -0.4 is 10.8 Å². The molecule has 2 aromatic rings. The molecule has 3 aliphatic heterocycles. The van der Waals surface area contributed by atoms with Gasteiger partial charge in [-0.2, -0.15) is 0 Å². The maximum absolute atomic E-state index is 15.5. The molecule has 11 atom stereocenters. The number of rotatable bonds is 14. The molecule has 3 aliphatic rings. The highest BCUT2D eigenvalue weighted by Crippen LogP contribution is 2.37. The van der Waals surface area contributed by atoms with Crippen LogP contribution in [-0.4, -0.2) is 184 Å². The second kappa shape index (κ2) is 30.2. The van der Waals surface area contributed by atoms with Crippen LogP contribution in [0.3, 0.4) is 0 Å². The predicted molar refractivity (Wildman–Crippen MR) is 339 cm³/mol. The van der Waals surface area contributed by atoms with Crippen molar-refractivity contribution >= 4 is 65.6 Å². The van der Waals surface area contributed by atoms with Gasteiger partial charge in [0.05, 0.1) is 22.8 Å². The van der Waals surface area contributed by atoms with Gasteiger partial charge < -0.3 is 49.0 Å². The van der Waals surface area contributed by atoms with Gasteiger partial charge in [0.1, 0.15) is 23.9 Å². The summed E-state index contributed by atoms with van der Waals surface area (Å²) >= 11 is 0. The van der Waals surface area contributed by atoms with E-state index in [4.69, 9.17) is 14.0 Å². The Labute approximate surface area is 525 Å². The van der Waals surface area contributed by atoms with Crippen molar-refractivity contribution < 1.29 is 62.3 Å². The summed E-state index contributed by atoms with van der Waals surface area (Å²) in [5, 5.41) is 14.8. The van der Waals surface area contributed by atoms with Crippen molar-refractivity contribution in [1.82, 2.24) is 29.8 Å². The minimum Gasteiger partial charge on any atom is -0.450 e. The number of nitrogens with zero attached hydrogens (tertiary/aromatic N) is 5. The minimum absolute atomic E-state index is 0.00471. The Kier molecular flexibility index (Phi) is 25.0. The summed E-state index contributed by atoms with van der Waals surface area (Å²) in [4.78, 5) is 142. The van der Waals surface area contributed by atoms with E-state index in [1.165, 1.54) is 49.7 Å². The number of ketones is 2. The monoisotopic (exact) mass is 1220 g/mol. The minimum atomic E-state index is -1.95. The van der Waals surface area contributed by atoms with E-state index in [9.17, 15) is 29.1 Å². The van der Waals surface area contributed by atoms with Gasteiger partial charge in [0.25, 0.3) is 5.91 Å². The summed E-state index contributed by atoms with van der Waals surface area (Å²) in [5.74, 6) is -9.73. The van der Waals surface area contributed by atoms with Gasteiger partial charge in [-0.05, 0) is 101 Å². The molecular formula is C68H105BN6O13. The molecule has 0 saturated carbocycles. The summed E-state index contributed by atoms with van der Waals surface area (Å²) in [5.41, 5.74) is -0.969. The van der Waals surface area contributed by atoms with Crippen LogP contribution in [0.2, 0.25) is 0 Å². The number of hydrogen-bond donors (Lipinski definition) is 2. The molecule has 2 N–H and O–H groups in total. The molecule has 488 valence electrons. The van der Waals surface area contributed by atoms with Gasteiger partial charge in [-0.3, -0.25) is 38.4 Å². The molecule has 2 bridgehead atoms. The number of likely N-dealkylation sites (N-methyl/N-ethyl adjacent to an activating group) is 4. The van der Waals surface area contributed by atoms with Crippen LogP contribution in [0.15, 0.2) is 54.6 Å². The highest BCUT2D eigenvalue weighted by Gasteiger charge is 2.52. The van der Waals surface area contributed by atoms with Crippen molar-refractivity contribution in [2.75, 3.05) is 41.3 Å². The Bertz CT molecular complexity index is 2770. The molecule has 0 spiro atoms. The molecule has 2 aromatic carbocycles. The van der Waals surface area contributed by atoms with Crippen LogP contribution in [0.25, 0.3) is 0 Å². The van der Waals surface area contributed by atoms with Crippen LogP contribution >= 0.6 is 0 Å². The number of nitrogens with one attached hydrogen (secondary N) is 1. The fraction of sp³-hybridized carbons (Fsp3) is 0.691. The number of amides is 6. The number of fused-ring (bicyclic) bond motifs is 2. The molecule has 6 amide bonds. The lowest BCUT2D eigenvalue weighted by atomic mass is 9.78. The van der Waals surface area contributed by atoms with Crippen molar-refractivity contribution in [1.29, 1.82) is 0 Å². The van der Waals surface area contributed by atoms with Crippen molar-refractivity contribution in [3.8, 4) is 0 Å². The molecule has 20 heteroatoms. The lowest BCUT2D eigenvalue weighted by Gasteiger charge is -2.39. The lowest BCUT2D eigenvalue weighted by molar-refractivity contribution is -0.178. The largest absolute Gasteiger partial charge is 0.494 e. The topological polar surface area (TPSA) is 230 Å². The van der Waals surface area contributed by atoms with E-state index in [0.29, 0.717) is 30.4 Å². The number of aliphatic hydroxyl groups is 1. The van der Waals surface area contributed by atoms with E-state index in [-0.39, 0.29) is 62.8 Å². The van der Waals surface area contributed by atoms with E-state index in [0.717, 1.165) is 10.4 Å². The molecule has 3 heterocycles. The van der Waals surface area contributed by atoms with Crippen LogP contribution in [-0.2, 0) is 70.0 Å². The zero-order valence-electron chi connectivity index (χ0n) is 56.5. The molecule has 0 radical (unpaired) electrons. The van der Waals surface area contributed by atoms with Crippen molar-refractivity contribution in [3.63, 3.8) is 0 Å². The number of hydrogen-bond acceptors (Lipinski definition) is 13. The zero-order chi connectivity index (χ0) is 66.2. The fourth-order valence-electron chi connectivity index (χ4n) is 12.8. The van der Waals surface area contributed by atoms with Gasteiger partial charge >= 0.3 is 13.1 Å². The predicted octanol–water partition coefficient (Wildman–Crippen LogP) is 6.71. The first-order chi connectivity index (χ1) is 40.9. The highest BCUT2D eigenvalue weighted by atomic mass is 16.7. The second-order valence-electron chi connectivity index (χ2n) is 28.2. The van der Waals surface area contributed by atoms with E-state index < -0.39 is 143 Å². The Morgan fingerprint density at radius 2 is 1.18 bits per heavy atom. The van der Waals surface area contributed by atoms with Crippen LogP contribution in [0.1, 0.15) is 160 Å². The van der Waals surface area contributed by atoms with Crippen LogP contribution in [0.4, 0.5) is 0 Å². The molecule has 3 fully saturated rings. The summed E-state index contributed by atoms with van der Waals surface area (Å²) in [6.07, 6.45) is -0.555. The van der Waals surface area contributed by atoms with Crippen LogP contribution in [0.5, 0.6) is 0 Å². The molecule has 5 rings (SSSR count). The Morgan fingerprint density at radius 3 is 1.70 bits per heavy atom. The SMILES string of the molecule is CCC(C)[C@@H]1CC(=O)[C@@H]2CCN(C2)C(=O)[C@H](Cc2ccc(B3OC(C)(C)C(C)(C)O3)cc2)N(C)C(=O)[C@H](Cc2ccccc2)NC(=O)[C@H](C(C)C)N(C)C(=O)[C@@H](C(C)CC)OC(=O)[C@H](C(C)(C)O)N(C)C(=O)[C@H](CC(C)C)CC(=O)[C@H](C(C)C)N(C)C1=O. The molecule has 0 aliphatic carbocycles. The third-order valence-electron chi connectivity index (χ3n) is 19.2. The van der Waals surface area contributed by atoms with Gasteiger partial charge in [-0.15, -0.1) is 0 Å². The van der Waals surface area contributed by atoms with Gasteiger partial charge in [-0.1, -0.05) is 130 Å². The number of ether oxygens (including phenoxy) is 1. The first kappa shape index (κ1) is 72.8. The number of carbonyl (C=O) groups is 9. The van der Waals surface area contributed by atoms with E-state index in [1.807, 2.05) is 124 Å². The van der Waals surface area contributed by atoms with Crippen molar-refractivity contribution in [2.24, 2.45) is 47.3 Å². The maximum Gasteiger partial charge on any atom is 0.494 e. The Balaban J connectivity index is 1.67. The van der Waals surface area contributed by atoms with Gasteiger partial charge in [-0.25, -0.2) is 4.79 Å². The Hall–Kier alpha value is -5.99. The standard InChI is InChI=1S/C68H105BN6O13/c1-21-43(9)50-38-53(76)47-32-33-75(39-47)63(82)52(36-46-28-30-49(31-29-46)69-87-67(13,14)68(15,16)88-69)71(17)62(81)51(35-45-26-24-23-25-27-45)70-59(78)56(42(7)8)73(19)64(83)57(44(10)22-2)86-65(84)58(66(11,12)85)74(20)60(79)48(34-40(3)4)37-54(77)55(41(5)6)72(18)61(50)80/h23-31,40-44,47-48,50-52,55-58,85H,21-22,32-39H2,1-20H3,(H,70,78)/t43?,44?,47-,48-,50+,51+,52+,55+,56+,57-,58-/m1/s1. The number of esters is 1. The highest BCUT2D eigenvalue weighted by molar-refractivity contribution is 6.62. The summed E-state index contributed by atoms with van der Waals surface area (Å²) in [6.45, 7) is 29.1. The van der Waals surface area contributed by atoms with Gasteiger partial charge in [0, 0.05) is 90.6 Å². The van der Waals surface area contributed by atoms with E-state index in [2.05, 4.69) is 5.32 Å². The Morgan fingerprint density at radius 1 is 0.636 bits per heavy atom. The quantitative estimate of drug-likeness (QED) is 0.148. The first-order valence-corrected chi connectivity index (χ1v) is 32.0. The fourth-order valence-corrected chi connectivity index (χ4v) is 12.8. The third kappa shape index (κ3) is 17.3. The molecule has 19 nitrogen and oxygen atoms in total. The molecule has 3 saturated heterocycles. The molecule has 88 heavy (non-hydrogen) atoms. The average molecular weight is 1230 g/mol. The summed E-state index contributed by atoms with van der Waals surface area (Å²) in [7, 11) is 5.20. The summed E-state index contributed by atoms with van der Waals surface area (Å²) in [6, 6.07) is 10.2. The van der Waals surface area contributed by atoms with Crippen molar-refractivity contribution in [2.45, 2.75) is 215 Å².